The Kier molecular flexibility index (Phi) is 3.73. The second-order valence-corrected chi connectivity index (χ2v) is 2.90. The molecule has 0 aliphatic carbocycles. The van der Waals surface area contributed by atoms with E-state index >= 15 is 0 Å². The molecule has 0 spiro atoms. The number of rotatable bonds is 4. The minimum Gasteiger partial charge on any atom is -0.508 e. The molecule has 1 aromatic carbocycles. The Morgan fingerprint density at radius 1 is 1.46 bits per heavy atom. The van der Waals surface area contributed by atoms with Gasteiger partial charge in [0.15, 0.2) is 0 Å². The number of likely N-dealkylation sites (N-methyl/N-ethyl adjacent to an activating group) is 1. The Morgan fingerprint density at radius 2 is 2.15 bits per heavy atom. The van der Waals surface area contributed by atoms with E-state index in [1.807, 2.05) is 19.1 Å². The summed E-state index contributed by atoms with van der Waals surface area (Å²) in [5.41, 5.74) is 6.45. The first-order valence-corrected chi connectivity index (χ1v) is 4.51. The van der Waals surface area contributed by atoms with Gasteiger partial charge in [0.25, 0.3) is 0 Å². The molecule has 0 saturated carbocycles. The minimum atomic E-state index is 0.0474. The summed E-state index contributed by atoms with van der Waals surface area (Å²) in [6.45, 7) is 3.35. The average Bonchev–Trinajstić information content (AvgIpc) is 2.16. The molecule has 3 nitrogen and oxygen atoms in total. The van der Waals surface area contributed by atoms with E-state index in [0.29, 0.717) is 12.3 Å². The third kappa shape index (κ3) is 2.44. The molecular weight excluding hydrogens is 164 g/mol. The van der Waals surface area contributed by atoms with E-state index in [2.05, 4.69) is 5.32 Å². The van der Waals surface area contributed by atoms with Gasteiger partial charge in [0, 0.05) is 18.2 Å². The summed E-state index contributed by atoms with van der Waals surface area (Å²) in [6, 6.07) is 7.31. The van der Waals surface area contributed by atoms with E-state index in [4.69, 9.17) is 5.73 Å². The summed E-state index contributed by atoms with van der Waals surface area (Å²) in [7, 11) is 0. The van der Waals surface area contributed by atoms with Crippen molar-refractivity contribution in [3.63, 3.8) is 0 Å². The highest BCUT2D eigenvalue weighted by molar-refractivity contribution is 5.34. The lowest BCUT2D eigenvalue weighted by atomic mass is 10.1. The second kappa shape index (κ2) is 4.84. The van der Waals surface area contributed by atoms with Crippen LogP contribution in [0.25, 0.3) is 0 Å². The molecule has 1 unspecified atom stereocenters. The van der Waals surface area contributed by atoms with Crippen molar-refractivity contribution in [3.05, 3.63) is 29.8 Å². The molecule has 4 N–H and O–H groups in total. The van der Waals surface area contributed by atoms with Crippen LogP contribution >= 0.6 is 0 Å². The van der Waals surface area contributed by atoms with Crippen molar-refractivity contribution in [2.24, 2.45) is 5.73 Å². The number of aromatic hydroxyl groups is 1. The van der Waals surface area contributed by atoms with E-state index in [-0.39, 0.29) is 6.04 Å². The first-order chi connectivity index (χ1) is 6.29. The molecule has 0 amide bonds. The van der Waals surface area contributed by atoms with E-state index in [1.165, 1.54) is 0 Å². The van der Waals surface area contributed by atoms with Crippen molar-refractivity contribution >= 4 is 0 Å². The highest BCUT2D eigenvalue weighted by Gasteiger charge is 2.10. The van der Waals surface area contributed by atoms with Gasteiger partial charge < -0.3 is 16.2 Å². The van der Waals surface area contributed by atoms with Crippen LogP contribution in [0.2, 0.25) is 0 Å². The number of nitrogens with one attached hydrogen (secondary N) is 1. The third-order valence-electron chi connectivity index (χ3n) is 2.00. The lowest BCUT2D eigenvalue weighted by Crippen LogP contribution is -2.27. The van der Waals surface area contributed by atoms with Crippen molar-refractivity contribution in [3.8, 4) is 5.75 Å². The molecule has 13 heavy (non-hydrogen) atoms. The SMILES string of the molecule is CCNC(CN)c1ccccc1O. The van der Waals surface area contributed by atoms with E-state index in [9.17, 15) is 5.11 Å². The van der Waals surface area contributed by atoms with Gasteiger partial charge in [0.2, 0.25) is 0 Å². The van der Waals surface area contributed by atoms with Gasteiger partial charge in [-0.05, 0) is 12.6 Å². The molecule has 0 heterocycles. The van der Waals surface area contributed by atoms with Crippen LogP contribution in [0.3, 0.4) is 0 Å². The molecule has 72 valence electrons. The normalized spacial score (nSPS) is 12.8. The van der Waals surface area contributed by atoms with E-state index in [0.717, 1.165) is 12.1 Å². The monoisotopic (exact) mass is 180 g/mol. The molecule has 0 fully saturated rings. The topological polar surface area (TPSA) is 58.3 Å². The van der Waals surface area contributed by atoms with Crippen LogP contribution in [0, 0.1) is 0 Å². The van der Waals surface area contributed by atoms with Gasteiger partial charge in [-0.15, -0.1) is 0 Å². The maximum absolute atomic E-state index is 9.54. The van der Waals surface area contributed by atoms with Crippen LogP contribution in [0.5, 0.6) is 5.75 Å². The number of para-hydroxylation sites is 1. The summed E-state index contributed by atoms with van der Waals surface area (Å²) in [5, 5.41) is 12.7. The number of hydrogen-bond acceptors (Lipinski definition) is 3. The molecule has 0 aromatic heterocycles. The van der Waals surface area contributed by atoms with Gasteiger partial charge in [-0.3, -0.25) is 0 Å². The zero-order chi connectivity index (χ0) is 9.68. The van der Waals surface area contributed by atoms with Crippen molar-refractivity contribution in [1.29, 1.82) is 0 Å². The molecule has 0 radical (unpaired) electrons. The predicted molar refractivity (Wildman–Crippen MR) is 53.6 cm³/mol. The van der Waals surface area contributed by atoms with Crippen LogP contribution in [0.15, 0.2) is 24.3 Å². The zero-order valence-corrected chi connectivity index (χ0v) is 7.83. The predicted octanol–water partition coefficient (Wildman–Crippen LogP) is 1.00. The Labute approximate surface area is 78.6 Å². The molecule has 0 bridgehead atoms. The number of nitrogens with two attached hydrogens (primary N) is 1. The summed E-state index contributed by atoms with van der Waals surface area (Å²) >= 11 is 0. The van der Waals surface area contributed by atoms with Gasteiger partial charge in [0.1, 0.15) is 5.75 Å². The summed E-state index contributed by atoms with van der Waals surface area (Å²) in [5.74, 6) is 0.305. The maximum Gasteiger partial charge on any atom is 0.120 e. The summed E-state index contributed by atoms with van der Waals surface area (Å²) < 4.78 is 0. The Morgan fingerprint density at radius 3 is 2.69 bits per heavy atom. The number of phenolic OH excluding ortho intramolecular Hbond substituents is 1. The minimum absolute atomic E-state index is 0.0474. The number of phenols is 1. The van der Waals surface area contributed by atoms with Gasteiger partial charge in [-0.2, -0.15) is 0 Å². The third-order valence-corrected chi connectivity index (χ3v) is 2.00. The van der Waals surface area contributed by atoms with Crippen molar-refractivity contribution in [1.82, 2.24) is 5.32 Å². The molecule has 1 atom stereocenters. The second-order valence-electron chi connectivity index (χ2n) is 2.90. The highest BCUT2D eigenvalue weighted by Crippen LogP contribution is 2.22. The van der Waals surface area contributed by atoms with Gasteiger partial charge in [-0.25, -0.2) is 0 Å². The quantitative estimate of drug-likeness (QED) is 0.648. The Balaban J connectivity index is 2.84. The fraction of sp³-hybridized carbons (Fsp3) is 0.400. The van der Waals surface area contributed by atoms with Crippen LogP contribution in [-0.2, 0) is 0 Å². The van der Waals surface area contributed by atoms with Crippen molar-refractivity contribution < 1.29 is 5.11 Å². The lowest BCUT2D eigenvalue weighted by Gasteiger charge is -2.16. The summed E-state index contributed by atoms with van der Waals surface area (Å²) in [6.07, 6.45) is 0. The molecule has 1 rings (SSSR count). The maximum atomic E-state index is 9.54. The van der Waals surface area contributed by atoms with Crippen molar-refractivity contribution in [2.75, 3.05) is 13.1 Å². The Hall–Kier alpha value is -1.06. The lowest BCUT2D eigenvalue weighted by molar-refractivity contribution is 0.450. The molecule has 0 saturated heterocycles. The van der Waals surface area contributed by atoms with Crippen LogP contribution in [-0.4, -0.2) is 18.2 Å². The largest absolute Gasteiger partial charge is 0.508 e. The Bertz CT molecular complexity index is 263. The van der Waals surface area contributed by atoms with Crippen LogP contribution < -0.4 is 11.1 Å². The summed E-state index contributed by atoms with van der Waals surface area (Å²) in [4.78, 5) is 0. The smallest absolute Gasteiger partial charge is 0.120 e. The fourth-order valence-corrected chi connectivity index (χ4v) is 1.35. The standard InChI is InChI=1S/C10H16N2O/c1-2-12-9(7-11)8-5-3-4-6-10(8)13/h3-6,9,12-13H,2,7,11H2,1H3. The molecule has 0 aliphatic heterocycles. The van der Waals surface area contributed by atoms with Crippen LogP contribution in [0.4, 0.5) is 0 Å². The van der Waals surface area contributed by atoms with E-state index in [1.54, 1.807) is 12.1 Å². The zero-order valence-electron chi connectivity index (χ0n) is 7.83. The van der Waals surface area contributed by atoms with Gasteiger partial charge >= 0.3 is 0 Å². The molecular formula is C10H16N2O. The van der Waals surface area contributed by atoms with Crippen molar-refractivity contribution in [2.45, 2.75) is 13.0 Å². The first kappa shape index (κ1) is 10.0. The van der Waals surface area contributed by atoms with E-state index < -0.39 is 0 Å². The number of hydrogen-bond donors (Lipinski definition) is 3. The first-order valence-electron chi connectivity index (χ1n) is 4.51. The average molecular weight is 180 g/mol. The molecule has 0 aliphatic rings. The fourth-order valence-electron chi connectivity index (χ4n) is 1.35. The van der Waals surface area contributed by atoms with Gasteiger partial charge in [0.05, 0.1) is 0 Å². The molecule has 3 heteroatoms. The molecule has 1 aromatic rings. The van der Waals surface area contributed by atoms with Crippen LogP contribution in [0.1, 0.15) is 18.5 Å². The van der Waals surface area contributed by atoms with Gasteiger partial charge in [-0.1, -0.05) is 25.1 Å². The highest BCUT2D eigenvalue weighted by atomic mass is 16.3. The number of benzene rings is 1.